The molecule has 1 N–H and O–H groups in total. The molecule has 0 saturated heterocycles. The summed E-state index contributed by atoms with van der Waals surface area (Å²) >= 11 is 12.0. The highest BCUT2D eigenvalue weighted by molar-refractivity contribution is 6.35. The van der Waals surface area contributed by atoms with Gasteiger partial charge in [0, 0.05) is 34.6 Å². The number of hydrogen-bond donors (Lipinski definition) is 1. The fourth-order valence-corrected chi connectivity index (χ4v) is 2.22. The molecule has 0 fully saturated rings. The number of benzene rings is 1. The summed E-state index contributed by atoms with van der Waals surface area (Å²) in [6.07, 6.45) is 5.73. The molecular formula is C15H11Cl2NO3. The Kier molecular flexibility index (Phi) is 5.20. The van der Waals surface area contributed by atoms with Crippen LogP contribution in [0.25, 0.3) is 6.08 Å². The van der Waals surface area contributed by atoms with E-state index in [0.717, 1.165) is 11.6 Å². The monoisotopic (exact) mass is 323 g/mol. The molecule has 0 atom stereocenters. The van der Waals surface area contributed by atoms with Crippen molar-refractivity contribution in [1.29, 1.82) is 0 Å². The Morgan fingerprint density at radius 2 is 2.19 bits per heavy atom. The molecule has 1 aromatic carbocycles. The van der Waals surface area contributed by atoms with Gasteiger partial charge in [0.1, 0.15) is 12.4 Å². The zero-order valence-corrected chi connectivity index (χ0v) is 12.3. The SMILES string of the molecule is O=C(O)/C=C/c1cc(Cl)cc(Cl)c1OCc1cccnc1. The van der Waals surface area contributed by atoms with Crippen molar-refractivity contribution in [1.82, 2.24) is 4.98 Å². The molecule has 0 aliphatic rings. The van der Waals surface area contributed by atoms with Gasteiger partial charge in [-0.15, -0.1) is 0 Å². The third-order valence-electron chi connectivity index (χ3n) is 2.55. The summed E-state index contributed by atoms with van der Waals surface area (Å²) < 4.78 is 5.67. The summed E-state index contributed by atoms with van der Waals surface area (Å²) in [5.74, 6) is -0.688. The van der Waals surface area contributed by atoms with Crippen LogP contribution in [-0.4, -0.2) is 16.1 Å². The third-order valence-corrected chi connectivity index (χ3v) is 3.05. The molecule has 4 nitrogen and oxygen atoms in total. The minimum atomic E-state index is -1.07. The topological polar surface area (TPSA) is 59.4 Å². The Balaban J connectivity index is 2.26. The van der Waals surface area contributed by atoms with E-state index in [1.165, 1.54) is 6.08 Å². The summed E-state index contributed by atoms with van der Waals surface area (Å²) in [5.41, 5.74) is 1.37. The first kappa shape index (κ1) is 15.4. The Hall–Kier alpha value is -2.04. The summed E-state index contributed by atoms with van der Waals surface area (Å²) in [4.78, 5) is 14.6. The number of aliphatic carboxylic acids is 1. The number of aromatic nitrogens is 1. The first-order chi connectivity index (χ1) is 10.1. The predicted molar refractivity (Wildman–Crippen MR) is 81.7 cm³/mol. The number of carboxylic acid groups (broad SMARTS) is 1. The average molecular weight is 324 g/mol. The summed E-state index contributed by atoms with van der Waals surface area (Å²) in [6.45, 7) is 0.267. The number of ether oxygens (including phenoxy) is 1. The second-order valence-electron chi connectivity index (χ2n) is 4.13. The normalized spacial score (nSPS) is 10.8. The van der Waals surface area contributed by atoms with Gasteiger partial charge in [-0.1, -0.05) is 29.3 Å². The molecule has 2 rings (SSSR count). The molecule has 108 valence electrons. The predicted octanol–water partition coefficient (Wildman–Crippen LogP) is 4.07. The Morgan fingerprint density at radius 3 is 2.86 bits per heavy atom. The molecule has 1 aromatic heterocycles. The van der Waals surface area contributed by atoms with Crippen LogP contribution in [0.15, 0.2) is 42.7 Å². The average Bonchev–Trinajstić information content (AvgIpc) is 2.45. The van der Waals surface area contributed by atoms with Crippen LogP contribution in [0.5, 0.6) is 5.75 Å². The zero-order chi connectivity index (χ0) is 15.2. The summed E-state index contributed by atoms with van der Waals surface area (Å²) in [6, 6.07) is 6.79. The fraction of sp³-hybridized carbons (Fsp3) is 0.0667. The van der Waals surface area contributed by atoms with Crippen LogP contribution in [-0.2, 0) is 11.4 Å². The van der Waals surface area contributed by atoms with E-state index in [1.807, 2.05) is 6.07 Å². The van der Waals surface area contributed by atoms with Crippen LogP contribution in [0.4, 0.5) is 0 Å². The summed E-state index contributed by atoms with van der Waals surface area (Å²) in [5, 5.41) is 9.43. The van der Waals surface area contributed by atoms with Crippen LogP contribution in [0, 0.1) is 0 Å². The van der Waals surface area contributed by atoms with Crippen molar-refractivity contribution >= 4 is 35.2 Å². The summed E-state index contributed by atoms with van der Waals surface area (Å²) in [7, 11) is 0. The quantitative estimate of drug-likeness (QED) is 0.843. The number of carboxylic acids is 1. The van der Waals surface area contributed by atoms with Gasteiger partial charge < -0.3 is 9.84 Å². The first-order valence-corrected chi connectivity index (χ1v) is 6.73. The van der Waals surface area contributed by atoms with Crippen molar-refractivity contribution in [2.45, 2.75) is 6.61 Å². The lowest BCUT2D eigenvalue weighted by Gasteiger charge is -2.11. The Labute approximate surface area is 131 Å². The first-order valence-electron chi connectivity index (χ1n) is 5.98. The number of nitrogens with zero attached hydrogens (tertiary/aromatic N) is 1. The fourth-order valence-electron chi connectivity index (χ4n) is 1.66. The van der Waals surface area contributed by atoms with Gasteiger partial charge in [0.25, 0.3) is 0 Å². The van der Waals surface area contributed by atoms with Crippen LogP contribution < -0.4 is 4.74 Å². The van der Waals surface area contributed by atoms with Gasteiger partial charge in [0.2, 0.25) is 0 Å². The zero-order valence-electron chi connectivity index (χ0n) is 10.8. The standard InChI is InChI=1S/C15H11Cl2NO3/c16-12-6-11(3-4-14(19)20)15(13(17)7-12)21-9-10-2-1-5-18-8-10/h1-8H,9H2,(H,19,20)/b4-3+. The highest BCUT2D eigenvalue weighted by Crippen LogP contribution is 2.33. The minimum absolute atomic E-state index is 0.267. The van der Waals surface area contributed by atoms with E-state index in [2.05, 4.69) is 4.98 Å². The lowest BCUT2D eigenvalue weighted by atomic mass is 10.2. The number of hydrogen-bond acceptors (Lipinski definition) is 3. The molecule has 0 unspecified atom stereocenters. The van der Waals surface area contributed by atoms with E-state index >= 15 is 0 Å². The van der Waals surface area contributed by atoms with Crippen LogP contribution in [0.3, 0.4) is 0 Å². The molecule has 0 spiro atoms. The van der Waals surface area contributed by atoms with Crippen LogP contribution in [0.2, 0.25) is 10.0 Å². The molecule has 0 aliphatic heterocycles. The number of rotatable bonds is 5. The van der Waals surface area contributed by atoms with Gasteiger partial charge in [-0.3, -0.25) is 4.98 Å². The van der Waals surface area contributed by atoms with Gasteiger partial charge in [0.15, 0.2) is 0 Å². The molecular weight excluding hydrogens is 313 g/mol. The Bertz CT molecular complexity index is 672. The second-order valence-corrected chi connectivity index (χ2v) is 4.97. The third kappa shape index (κ3) is 4.48. The largest absolute Gasteiger partial charge is 0.487 e. The molecule has 6 heteroatoms. The highest BCUT2D eigenvalue weighted by atomic mass is 35.5. The molecule has 2 aromatic rings. The van der Waals surface area contributed by atoms with E-state index < -0.39 is 5.97 Å². The lowest BCUT2D eigenvalue weighted by Crippen LogP contribution is -1.98. The maximum atomic E-state index is 10.6. The van der Waals surface area contributed by atoms with Gasteiger partial charge in [0.05, 0.1) is 5.02 Å². The maximum absolute atomic E-state index is 10.6. The smallest absolute Gasteiger partial charge is 0.328 e. The van der Waals surface area contributed by atoms with Crippen molar-refractivity contribution in [3.8, 4) is 5.75 Å². The highest BCUT2D eigenvalue weighted by Gasteiger charge is 2.10. The van der Waals surface area contributed by atoms with Gasteiger partial charge in [-0.25, -0.2) is 4.79 Å². The van der Waals surface area contributed by atoms with Crippen molar-refractivity contribution in [3.05, 3.63) is 63.9 Å². The molecule has 1 heterocycles. The molecule has 0 bridgehead atoms. The molecule has 0 radical (unpaired) electrons. The van der Waals surface area contributed by atoms with E-state index in [4.69, 9.17) is 33.0 Å². The molecule has 0 saturated carbocycles. The van der Waals surface area contributed by atoms with Gasteiger partial charge in [-0.2, -0.15) is 0 Å². The molecule has 0 amide bonds. The van der Waals surface area contributed by atoms with Crippen molar-refractivity contribution in [2.24, 2.45) is 0 Å². The van der Waals surface area contributed by atoms with E-state index in [0.29, 0.717) is 21.4 Å². The lowest BCUT2D eigenvalue weighted by molar-refractivity contribution is -0.131. The second kappa shape index (κ2) is 7.11. The van der Waals surface area contributed by atoms with Crippen molar-refractivity contribution in [3.63, 3.8) is 0 Å². The van der Waals surface area contributed by atoms with E-state index in [9.17, 15) is 4.79 Å². The number of pyridine rings is 1. The molecule has 0 aliphatic carbocycles. The van der Waals surface area contributed by atoms with Crippen molar-refractivity contribution < 1.29 is 14.6 Å². The van der Waals surface area contributed by atoms with Gasteiger partial charge >= 0.3 is 5.97 Å². The minimum Gasteiger partial charge on any atom is -0.487 e. The van der Waals surface area contributed by atoms with E-state index in [-0.39, 0.29) is 6.61 Å². The maximum Gasteiger partial charge on any atom is 0.328 e. The van der Waals surface area contributed by atoms with Crippen LogP contribution in [0.1, 0.15) is 11.1 Å². The van der Waals surface area contributed by atoms with E-state index in [1.54, 1.807) is 30.6 Å². The molecule has 21 heavy (non-hydrogen) atoms. The number of halogens is 2. The van der Waals surface area contributed by atoms with Crippen molar-refractivity contribution in [2.75, 3.05) is 0 Å². The van der Waals surface area contributed by atoms with Crippen LogP contribution >= 0.6 is 23.2 Å². The Morgan fingerprint density at radius 1 is 1.38 bits per heavy atom. The van der Waals surface area contributed by atoms with Gasteiger partial charge in [-0.05, 0) is 24.3 Å². The number of carbonyl (C=O) groups is 1.